The van der Waals surface area contributed by atoms with Gasteiger partial charge < -0.3 is 5.73 Å². The van der Waals surface area contributed by atoms with Gasteiger partial charge >= 0.3 is 0 Å². The molecular weight excluding hydrogens is 172 g/mol. The number of hydrogen-bond donors (Lipinski definition) is 1. The highest BCUT2D eigenvalue weighted by Crippen LogP contribution is 2.22. The SMILES string of the molecule is CC1Cc2ccccc2CN1CCN. The molecule has 0 bridgehead atoms. The molecule has 0 radical (unpaired) electrons. The predicted octanol–water partition coefficient (Wildman–Crippen LogP) is 1.39. The van der Waals surface area contributed by atoms with Gasteiger partial charge in [-0.3, -0.25) is 4.90 Å². The largest absolute Gasteiger partial charge is 0.329 e. The highest BCUT2D eigenvalue weighted by Gasteiger charge is 2.21. The van der Waals surface area contributed by atoms with Gasteiger partial charge in [-0.2, -0.15) is 0 Å². The molecule has 14 heavy (non-hydrogen) atoms. The third-order valence-electron chi connectivity index (χ3n) is 3.05. The Hall–Kier alpha value is -0.860. The highest BCUT2D eigenvalue weighted by atomic mass is 15.2. The molecule has 0 aliphatic carbocycles. The molecule has 0 saturated heterocycles. The van der Waals surface area contributed by atoms with E-state index in [9.17, 15) is 0 Å². The van der Waals surface area contributed by atoms with Crippen LogP contribution in [0.5, 0.6) is 0 Å². The lowest BCUT2D eigenvalue weighted by Crippen LogP contribution is -2.41. The van der Waals surface area contributed by atoms with E-state index in [0.29, 0.717) is 6.04 Å². The number of fused-ring (bicyclic) bond motifs is 1. The summed E-state index contributed by atoms with van der Waals surface area (Å²) in [6, 6.07) is 9.35. The van der Waals surface area contributed by atoms with Gasteiger partial charge in [-0.05, 0) is 24.5 Å². The smallest absolute Gasteiger partial charge is 0.0239 e. The van der Waals surface area contributed by atoms with Crippen molar-refractivity contribution in [2.45, 2.75) is 25.9 Å². The number of benzene rings is 1. The summed E-state index contributed by atoms with van der Waals surface area (Å²) in [6.07, 6.45) is 1.16. The molecule has 0 spiro atoms. The third-order valence-corrected chi connectivity index (χ3v) is 3.05. The Morgan fingerprint density at radius 1 is 1.36 bits per heavy atom. The Kier molecular flexibility index (Phi) is 2.85. The minimum atomic E-state index is 0.633. The van der Waals surface area contributed by atoms with Crippen LogP contribution in [0.15, 0.2) is 24.3 Å². The lowest BCUT2D eigenvalue weighted by Gasteiger charge is -2.34. The predicted molar refractivity (Wildman–Crippen MR) is 59.1 cm³/mol. The second-order valence-corrected chi connectivity index (χ2v) is 4.08. The van der Waals surface area contributed by atoms with Crippen molar-refractivity contribution < 1.29 is 0 Å². The molecule has 76 valence electrons. The van der Waals surface area contributed by atoms with E-state index in [1.807, 2.05) is 0 Å². The van der Waals surface area contributed by atoms with Gasteiger partial charge in [-0.1, -0.05) is 24.3 Å². The van der Waals surface area contributed by atoms with Gasteiger partial charge in [-0.25, -0.2) is 0 Å². The first kappa shape index (κ1) is 9.69. The molecule has 2 nitrogen and oxygen atoms in total. The number of hydrogen-bond acceptors (Lipinski definition) is 2. The molecule has 1 aromatic carbocycles. The molecule has 1 aliphatic rings. The van der Waals surface area contributed by atoms with E-state index in [1.54, 1.807) is 0 Å². The Bertz CT molecular complexity index is 309. The fraction of sp³-hybridized carbons (Fsp3) is 0.500. The number of nitrogens with zero attached hydrogens (tertiary/aromatic N) is 1. The lowest BCUT2D eigenvalue weighted by atomic mass is 9.95. The van der Waals surface area contributed by atoms with Crippen LogP contribution < -0.4 is 5.73 Å². The molecule has 2 N–H and O–H groups in total. The average Bonchev–Trinajstić information content (AvgIpc) is 2.19. The van der Waals surface area contributed by atoms with Crippen LogP contribution in [0.3, 0.4) is 0 Å². The zero-order chi connectivity index (χ0) is 9.97. The summed E-state index contributed by atoms with van der Waals surface area (Å²) in [5.74, 6) is 0. The van der Waals surface area contributed by atoms with Crippen molar-refractivity contribution in [3.8, 4) is 0 Å². The fourth-order valence-corrected chi connectivity index (χ4v) is 2.20. The second-order valence-electron chi connectivity index (χ2n) is 4.08. The van der Waals surface area contributed by atoms with Gasteiger partial charge in [0.15, 0.2) is 0 Å². The monoisotopic (exact) mass is 190 g/mol. The molecule has 1 aromatic rings. The van der Waals surface area contributed by atoms with Gasteiger partial charge in [0.1, 0.15) is 0 Å². The van der Waals surface area contributed by atoms with Gasteiger partial charge in [-0.15, -0.1) is 0 Å². The first-order valence-corrected chi connectivity index (χ1v) is 5.32. The standard InChI is InChI=1S/C12H18N2/c1-10-8-11-4-2-3-5-12(11)9-14(10)7-6-13/h2-5,10H,6-9,13H2,1H3. The zero-order valence-electron chi connectivity index (χ0n) is 8.74. The highest BCUT2D eigenvalue weighted by molar-refractivity contribution is 5.29. The van der Waals surface area contributed by atoms with Crippen LogP contribution in [0.4, 0.5) is 0 Å². The summed E-state index contributed by atoms with van der Waals surface area (Å²) < 4.78 is 0. The molecule has 0 fully saturated rings. The minimum absolute atomic E-state index is 0.633. The normalized spacial score (nSPS) is 22.0. The van der Waals surface area contributed by atoms with Gasteiger partial charge in [0.05, 0.1) is 0 Å². The molecule has 0 aromatic heterocycles. The summed E-state index contributed by atoms with van der Waals surface area (Å²) in [5, 5.41) is 0. The quantitative estimate of drug-likeness (QED) is 0.763. The van der Waals surface area contributed by atoms with E-state index in [-0.39, 0.29) is 0 Å². The molecule has 1 atom stereocenters. The maximum Gasteiger partial charge on any atom is 0.0239 e. The molecule has 2 heteroatoms. The summed E-state index contributed by atoms with van der Waals surface area (Å²) >= 11 is 0. The van der Waals surface area contributed by atoms with E-state index < -0.39 is 0 Å². The molecule has 1 heterocycles. The lowest BCUT2D eigenvalue weighted by molar-refractivity contribution is 0.190. The van der Waals surface area contributed by atoms with Gasteiger partial charge in [0.2, 0.25) is 0 Å². The second kappa shape index (κ2) is 4.11. The van der Waals surface area contributed by atoms with Crippen molar-refractivity contribution >= 4 is 0 Å². The Balaban J connectivity index is 2.18. The van der Waals surface area contributed by atoms with E-state index in [2.05, 4.69) is 36.1 Å². The van der Waals surface area contributed by atoms with Crippen LogP contribution in [0, 0.1) is 0 Å². The summed E-state index contributed by atoms with van der Waals surface area (Å²) in [7, 11) is 0. The van der Waals surface area contributed by atoms with Crippen molar-refractivity contribution in [1.82, 2.24) is 4.90 Å². The molecule has 0 amide bonds. The first-order chi connectivity index (χ1) is 6.81. The van der Waals surface area contributed by atoms with E-state index >= 15 is 0 Å². The summed E-state index contributed by atoms with van der Waals surface area (Å²) in [4.78, 5) is 2.46. The maximum absolute atomic E-state index is 5.60. The van der Waals surface area contributed by atoms with Crippen molar-refractivity contribution in [3.05, 3.63) is 35.4 Å². The van der Waals surface area contributed by atoms with Crippen LogP contribution in [0.2, 0.25) is 0 Å². The van der Waals surface area contributed by atoms with Crippen molar-refractivity contribution in [2.24, 2.45) is 5.73 Å². The first-order valence-electron chi connectivity index (χ1n) is 5.32. The van der Waals surface area contributed by atoms with E-state index in [0.717, 1.165) is 26.1 Å². The minimum Gasteiger partial charge on any atom is -0.329 e. The number of rotatable bonds is 2. The Labute approximate surface area is 85.7 Å². The van der Waals surface area contributed by atoms with E-state index in [1.165, 1.54) is 11.1 Å². The molecular formula is C12H18N2. The number of nitrogens with two attached hydrogens (primary N) is 1. The molecule has 1 unspecified atom stereocenters. The van der Waals surface area contributed by atoms with Crippen LogP contribution in [-0.2, 0) is 13.0 Å². The Morgan fingerprint density at radius 2 is 2.07 bits per heavy atom. The fourth-order valence-electron chi connectivity index (χ4n) is 2.20. The zero-order valence-corrected chi connectivity index (χ0v) is 8.74. The average molecular weight is 190 g/mol. The molecule has 2 rings (SSSR count). The third kappa shape index (κ3) is 1.81. The molecule has 0 saturated carbocycles. The topological polar surface area (TPSA) is 29.3 Å². The summed E-state index contributed by atoms with van der Waals surface area (Å²) in [6.45, 7) is 5.11. The van der Waals surface area contributed by atoms with Crippen LogP contribution >= 0.6 is 0 Å². The van der Waals surface area contributed by atoms with Crippen LogP contribution in [-0.4, -0.2) is 24.0 Å². The van der Waals surface area contributed by atoms with Gasteiger partial charge in [0, 0.05) is 25.7 Å². The summed E-state index contributed by atoms with van der Waals surface area (Å²) in [5.41, 5.74) is 8.58. The van der Waals surface area contributed by atoms with Crippen molar-refractivity contribution in [3.63, 3.8) is 0 Å². The van der Waals surface area contributed by atoms with Crippen LogP contribution in [0.1, 0.15) is 18.1 Å². The maximum atomic E-state index is 5.60. The Morgan fingerprint density at radius 3 is 2.79 bits per heavy atom. The van der Waals surface area contributed by atoms with Crippen LogP contribution in [0.25, 0.3) is 0 Å². The van der Waals surface area contributed by atoms with Gasteiger partial charge in [0.25, 0.3) is 0 Å². The van der Waals surface area contributed by atoms with Crippen molar-refractivity contribution in [2.75, 3.05) is 13.1 Å². The van der Waals surface area contributed by atoms with E-state index in [4.69, 9.17) is 5.73 Å². The van der Waals surface area contributed by atoms with Crippen molar-refractivity contribution in [1.29, 1.82) is 0 Å². The molecule has 1 aliphatic heterocycles.